The van der Waals surface area contributed by atoms with Crippen LogP contribution in [0, 0.1) is 5.82 Å². The van der Waals surface area contributed by atoms with Gasteiger partial charge < -0.3 is 5.32 Å². The summed E-state index contributed by atoms with van der Waals surface area (Å²) in [6.07, 6.45) is 2.10. The largest absolute Gasteiger partial charge is 0.349 e. The molecule has 0 saturated heterocycles. The van der Waals surface area contributed by atoms with E-state index in [0.717, 1.165) is 33.7 Å². The molecule has 3 aromatic rings. The van der Waals surface area contributed by atoms with Gasteiger partial charge in [-0.05, 0) is 49.2 Å². The fourth-order valence-electron chi connectivity index (χ4n) is 2.51. The normalized spacial score (nSPS) is 13.9. The van der Waals surface area contributed by atoms with Crippen LogP contribution >= 0.6 is 11.8 Å². The molecule has 0 radical (unpaired) electrons. The van der Waals surface area contributed by atoms with Gasteiger partial charge in [0.25, 0.3) is 5.91 Å². The molecule has 5 heteroatoms. The minimum absolute atomic E-state index is 0.0583. The Bertz CT molecular complexity index is 907. The molecule has 1 aliphatic rings. The zero-order valence-electron chi connectivity index (χ0n) is 12.8. The first-order valence-electron chi connectivity index (χ1n) is 7.83. The quantitative estimate of drug-likeness (QED) is 0.766. The number of carbonyl (C=O) groups is 1. The number of benzene rings is 2. The van der Waals surface area contributed by atoms with Gasteiger partial charge in [0.2, 0.25) is 0 Å². The zero-order valence-corrected chi connectivity index (χ0v) is 13.6. The predicted octanol–water partition coefficient (Wildman–Crippen LogP) is 4.42. The van der Waals surface area contributed by atoms with Gasteiger partial charge in [0.1, 0.15) is 10.8 Å². The smallest absolute Gasteiger partial charge is 0.252 e. The van der Waals surface area contributed by atoms with Gasteiger partial charge >= 0.3 is 0 Å². The molecule has 24 heavy (non-hydrogen) atoms. The van der Waals surface area contributed by atoms with Crippen molar-refractivity contribution in [3.63, 3.8) is 0 Å². The van der Waals surface area contributed by atoms with Crippen molar-refractivity contribution in [3.8, 4) is 0 Å². The van der Waals surface area contributed by atoms with E-state index in [1.54, 1.807) is 12.1 Å². The SMILES string of the molecule is O=C(NC1CC1)c1cc(Sc2ccc(F)cc2)nc2ccccc12. The standard InChI is InChI=1S/C19H15FN2OS/c20-12-5-9-14(10-6-12)24-18-11-16(19(23)21-13-7-8-13)15-3-1-2-4-17(15)22-18/h1-6,9-11,13H,7-8H2,(H,21,23). The summed E-state index contributed by atoms with van der Waals surface area (Å²) < 4.78 is 13.1. The molecule has 2 aromatic carbocycles. The molecule has 4 rings (SSSR count). The average molecular weight is 338 g/mol. The van der Waals surface area contributed by atoms with Gasteiger partial charge in [-0.2, -0.15) is 0 Å². The second-order valence-corrected chi connectivity index (χ2v) is 6.92. The van der Waals surface area contributed by atoms with Crippen LogP contribution in [-0.4, -0.2) is 16.9 Å². The summed E-state index contributed by atoms with van der Waals surface area (Å²) in [7, 11) is 0. The third kappa shape index (κ3) is 3.26. The molecule has 1 N–H and O–H groups in total. The summed E-state index contributed by atoms with van der Waals surface area (Å²) in [5.41, 5.74) is 1.42. The van der Waals surface area contributed by atoms with Crippen LogP contribution in [0.2, 0.25) is 0 Å². The van der Waals surface area contributed by atoms with Gasteiger partial charge in [0.05, 0.1) is 11.1 Å². The topological polar surface area (TPSA) is 42.0 Å². The van der Waals surface area contributed by atoms with E-state index < -0.39 is 0 Å². The number of amides is 1. The number of aromatic nitrogens is 1. The van der Waals surface area contributed by atoms with Crippen LogP contribution in [0.1, 0.15) is 23.2 Å². The van der Waals surface area contributed by atoms with Crippen LogP contribution in [0.25, 0.3) is 10.9 Å². The Morgan fingerprint density at radius 2 is 1.88 bits per heavy atom. The van der Waals surface area contributed by atoms with E-state index in [4.69, 9.17) is 0 Å². The first-order valence-corrected chi connectivity index (χ1v) is 8.65. The molecule has 0 aliphatic heterocycles. The third-order valence-corrected chi connectivity index (χ3v) is 4.81. The van der Waals surface area contributed by atoms with Gasteiger partial charge in [0.15, 0.2) is 0 Å². The van der Waals surface area contributed by atoms with Gasteiger partial charge in [0, 0.05) is 16.3 Å². The van der Waals surface area contributed by atoms with Crippen LogP contribution in [-0.2, 0) is 0 Å². The maximum absolute atomic E-state index is 13.1. The molecule has 1 saturated carbocycles. The second-order valence-electron chi connectivity index (χ2n) is 5.83. The molecule has 3 nitrogen and oxygen atoms in total. The number of carbonyl (C=O) groups excluding carboxylic acids is 1. The van der Waals surface area contributed by atoms with Crippen molar-refractivity contribution >= 4 is 28.6 Å². The summed E-state index contributed by atoms with van der Waals surface area (Å²) in [5, 5.41) is 4.61. The van der Waals surface area contributed by atoms with E-state index in [1.807, 2.05) is 30.3 Å². The summed E-state index contributed by atoms with van der Waals surface area (Å²) in [5.74, 6) is -0.327. The Morgan fingerprint density at radius 3 is 2.62 bits per heavy atom. The van der Waals surface area contributed by atoms with Crippen molar-refractivity contribution < 1.29 is 9.18 Å². The molecule has 1 aromatic heterocycles. The number of halogens is 1. The highest BCUT2D eigenvalue weighted by atomic mass is 32.2. The first kappa shape index (κ1) is 15.1. The number of para-hydroxylation sites is 1. The van der Waals surface area contributed by atoms with E-state index >= 15 is 0 Å². The van der Waals surface area contributed by atoms with Gasteiger partial charge in [-0.15, -0.1) is 0 Å². The highest BCUT2D eigenvalue weighted by Gasteiger charge is 2.25. The van der Waals surface area contributed by atoms with E-state index in [1.165, 1.54) is 23.9 Å². The number of nitrogens with zero attached hydrogens (tertiary/aromatic N) is 1. The summed E-state index contributed by atoms with van der Waals surface area (Å²) in [6.45, 7) is 0. The summed E-state index contributed by atoms with van der Waals surface area (Å²) in [6, 6.07) is 16.0. The molecule has 0 bridgehead atoms. The lowest BCUT2D eigenvalue weighted by Crippen LogP contribution is -2.25. The molecule has 0 spiro atoms. The zero-order chi connectivity index (χ0) is 16.5. The van der Waals surface area contributed by atoms with E-state index in [-0.39, 0.29) is 11.7 Å². The Kier molecular flexibility index (Phi) is 3.94. The lowest BCUT2D eigenvalue weighted by molar-refractivity contribution is 0.0952. The van der Waals surface area contributed by atoms with Crippen LogP contribution < -0.4 is 5.32 Å². The summed E-state index contributed by atoms with van der Waals surface area (Å²) in [4.78, 5) is 18.1. The van der Waals surface area contributed by atoms with Crippen molar-refractivity contribution in [1.82, 2.24) is 10.3 Å². The molecule has 0 atom stereocenters. The van der Waals surface area contributed by atoms with Gasteiger partial charge in [-0.1, -0.05) is 30.0 Å². The Morgan fingerprint density at radius 1 is 1.12 bits per heavy atom. The van der Waals surface area contributed by atoms with E-state index in [2.05, 4.69) is 10.3 Å². The van der Waals surface area contributed by atoms with Crippen molar-refractivity contribution in [1.29, 1.82) is 0 Å². The first-order chi connectivity index (χ1) is 11.7. The minimum atomic E-state index is -0.268. The Labute approximate surface area is 143 Å². The molecule has 0 unspecified atom stereocenters. The summed E-state index contributed by atoms with van der Waals surface area (Å²) >= 11 is 1.42. The number of hydrogen-bond acceptors (Lipinski definition) is 3. The minimum Gasteiger partial charge on any atom is -0.349 e. The van der Waals surface area contributed by atoms with Gasteiger partial charge in [-0.3, -0.25) is 4.79 Å². The van der Waals surface area contributed by atoms with E-state index in [0.29, 0.717) is 11.6 Å². The average Bonchev–Trinajstić information content (AvgIpc) is 3.40. The number of hydrogen-bond donors (Lipinski definition) is 1. The maximum Gasteiger partial charge on any atom is 0.252 e. The fraction of sp³-hybridized carbons (Fsp3) is 0.158. The van der Waals surface area contributed by atoms with Crippen LogP contribution in [0.4, 0.5) is 4.39 Å². The van der Waals surface area contributed by atoms with Crippen LogP contribution in [0.15, 0.2) is 64.5 Å². The number of nitrogens with one attached hydrogen (secondary N) is 1. The van der Waals surface area contributed by atoms with E-state index in [9.17, 15) is 9.18 Å². The number of rotatable bonds is 4. The molecular weight excluding hydrogens is 323 g/mol. The predicted molar refractivity (Wildman–Crippen MR) is 92.8 cm³/mol. The number of fused-ring (bicyclic) bond motifs is 1. The van der Waals surface area contributed by atoms with Crippen LogP contribution in [0.3, 0.4) is 0 Å². The molecule has 1 heterocycles. The lowest BCUT2D eigenvalue weighted by Gasteiger charge is -2.10. The third-order valence-electron chi connectivity index (χ3n) is 3.89. The molecule has 1 fully saturated rings. The highest BCUT2D eigenvalue weighted by Crippen LogP contribution is 2.30. The number of pyridine rings is 1. The maximum atomic E-state index is 13.1. The van der Waals surface area contributed by atoms with Gasteiger partial charge in [-0.25, -0.2) is 9.37 Å². The highest BCUT2D eigenvalue weighted by molar-refractivity contribution is 7.99. The van der Waals surface area contributed by atoms with Crippen LogP contribution in [0.5, 0.6) is 0 Å². The Hall–Kier alpha value is -2.40. The van der Waals surface area contributed by atoms with Crippen molar-refractivity contribution in [2.75, 3.05) is 0 Å². The molecule has 120 valence electrons. The second kappa shape index (κ2) is 6.24. The lowest BCUT2D eigenvalue weighted by atomic mass is 10.1. The Balaban J connectivity index is 1.72. The fourth-order valence-corrected chi connectivity index (χ4v) is 3.34. The molecule has 1 aliphatic carbocycles. The molecule has 1 amide bonds. The molecular formula is C19H15FN2OS. The van der Waals surface area contributed by atoms with Crippen molar-refractivity contribution in [2.24, 2.45) is 0 Å². The van der Waals surface area contributed by atoms with Crippen molar-refractivity contribution in [2.45, 2.75) is 28.8 Å². The van der Waals surface area contributed by atoms with Crippen molar-refractivity contribution in [3.05, 3.63) is 66.0 Å². The monoisotopic (exact) mass is 338 g/mol.